The van der Waals surface area contributed by atoms with Gasteiger partial charge in [0.2, 0.25) is 0 Å². The van der Waals surface area contributed by atoms with Crippen LogP contribution in [-0.4, -0.2) is 27.5 Å². The van der Waals surface area contributed by atoms with Crippen LogP contribution in [0.1, 0.15) is 29.4 Å². The second-order valence-corrected chi connectivity index (χ2v) is 8.03. The van der Waals surface area contributed by atoms with E-state index >= 15 is 0 Å². The van der Waals surface area contributed by atoms with Crippen molar-refractivity contribution in [1.29, 1.82) is 0 Å². The molecule has 2 aromatic carbocycles. The maximum atomic E-state index is 13.5. The molecule has 2 aromatic heterocycles. The number of nitrogens with one attached hydrogen (secondary N) is 1. The minimum absolute atomic E-state index is 0.0974. The molecule has 7 heteroatoms. The summed E-state index contributed by atoms with van der Waals surface area (Å²) in [5.41, 5.74) is 2.72. The van der Waals surface area contributed by atoms with Gasteiger partial charge in [-0.25, -0.2) is 4.79 Å². The number of hydrogen-bond donors (Lipinski definition) is 1. The Morgan fingerprint density at radius 2 is 1.74 bits per heavy atom. The van der Waals surface area contributed by atoms with Gasteiger partial charge in [0.25, 0.3) is 11.5 Å². The number of nitrogens with zero attached hydrogens (tertiary/aromatic N) is 2. The van der Waals surface area contributed by atoms with Crippen LogP contribution >= 0.6 is 0 Å². The van der Waals surface area contributed by atoms with E-state index in [1.54, 1.807) is 44.4 Å². The summed E-state index contributed by atoms with van der Waals surface area (Å²) >= 11 is 0. The molecule has 1 amide bonds. The Kier molecular flexibility index (Phi) is 6.54. The first-order chi connectivity index (χ1) is 16.4. The van der Waals surface area contributed by atoms with Crippen LogP contribution in [0, 0.1) is 6.92 Å². The molecule has 0 radical (unpaired) electrons. The average molecular weight is 456 g/mol. The zero-order valence-corrected chi connectivity index (χ0v) is 19.2. The molecule has 1 unspecified atom stereocenters. The van der Waals surface area contributed by atoms with Gasteiger partial charge in [0.1, 0.15) is 5.69 Å². The van der Waals surface area contributed by atoms with Crippen molar-refractivity contribution < 1.29 is 14.3 Å². The van der Waals surface area contributed by atoms with Crippen molar-refractivity contribution in [2.24, 2.45) is 7.05 Å². The zero-order chi connectivity index (χ0) is 24.2. The lowest BCUT2D eigenvalue weighted by molar-refractivity contribution is -0.124. The number of ether oxygens (including phenoxy) is 1. The molecule has 0 aliphatic rings. The lowest BCUT2D eigenvalue weighted by Gasteiger charge is -2.20. The minimum atomic E-state index is -1.04. The molecule has 0 aliphatic heterocycles. The first-order valence-corrected chi connectivity index (χ1v) is 11.0. The number of amides is 1. The van der Waals surface area contributed by atoms with Crippen LogP contribution < -0.4 is 10.9 Å². The van der Waals surface area contributed by atoms with Crippen LogP contribution in [0.4, 0.5) is 5.69 Å². The predicted molar refractivity (Wildman–Crippen MR) is 132 cm³/mol. The quantitative estimate of drug-likeness (QED) is 0.433. The molecule has 7 nitrogen and oxygen atoms in total. The summed E-state index contributed by atoms with van der Waals surface area (Å²) in [4.78, 5) is 43.3. The number of carbonyl (C=O) groups is 2. The maximum Gasteiger partial charge on any atom is 0.356 e. The molecule has 0 bridgehead atoms. The van der Waals surface area contributed by atoms with Crippen molar-refractivity contribution in [3.05, 3.63) is 94.7 Å². The molecule has 2 heterocycles. The molecular formula is C27H25N3O4. The van der Waals surface area contributed by atoms with Gasteiger partial charge in [0.05, 0.1) is 11.9 Å². The molecule has 0 aliphatic carbocycles. The van der Waals surface area contributed by atoms with Crippen molar-refractivity contribution in [2.75, 3.05) is 5.32 Å². The van der Waals surface area contributed by atoms with Crippen LogP contribution in [0.3, 0.4) is 0 Å². The maximum absolute atomic E-state index is 13.5. The summed E-state index contributed by atoms with van der Waals surface area (Å²) in [6.07, 6.45) is 2.33. The Morgan fingerprint density at radius 3 is 2.38 bits per heavy atom. The van der Waals surface area contributed by atoms with Gasteiger partial charge >= 0.3 is 5.97 Å². The second kappa shape index (κ2) is 9.70. The zero-order valence-electron chi connectivity index (χ0n) is 19.2. The first-order valence-electron chi connectivity index (χ1n) is 11.0. The highest BCUT2D eigenvalue weighted by Gasteiger charge is 2.27. The number of benzene rings is 2. The normalized spacial score (nSPS) is 11.7. The van der Waals surface area contributed by atoms with Gasteiger partial charge in [-0.3, -0.25) is 14.6 Å². The van der Waals surface area contributed by atoms with Crippen LogP contribution in [0.2, 0.25) is 0 Å². The first kappa shape index (κ1) is 22.9. The van der Waals surface area contributed by atoms with E-state index in [1.165, 1.54) is 10.8 Å². The van der Waals surface area contributed by atoms with E-state index in [2.05, 4.69) is 10.3 Å². The van der Waals surface area contributed by atoms with Gasteiger partial charge in [0, 0.05) is 24.2 Å². The highest BCUT2D eigenvalue weighted by atomic mass is 16.5. The Balaban J connectivity index is 1.78. The summed E-state index contributed by atoms with van der Waals surface area (Å²) in [6, 6.07) is 18.3. The molecule has 0 fully saturated rings. The lowest BCUT2D eigenvalue weighted by Crippen LogP contribution is -2.34. The highest BCUT2D eigenvalue weighted by Crippen LogP contribution is 2.31. The Morgan fingerprint density at radius 1 is 1.03 bits per heavy atom. The summed E-state index contributed by atoms with van der Waals surface area (Å²) in [7, 11) is 1.54. The molecule has 0 saturated heterocycles. The number of pyridine rings is 2. The van der Waals surface area contributed by atoms with E-state index in [0.29, 0.717) is 22.0 Å². The molecule has 172 valence electrons. The number of aryl methyl sites for hydroxylation is 1. The van der Waals surface area contributed by atoms with Crippen LogP contribution in [-0.2, 0) is 16.6 Å². The SMILES string of the molecule is CCC(OC(=O)c1c(-c2ccc(C)cc2)c2ccccc2c(=O)n1C)C(=O)Nc1cccnc1. The molecule has 34 heavy (non-hydrogen) atoms. The van der Waals surface area contributed by atoms with Crippen LogP contribution in [0.5, 0.6) is 0 Å². The summed E-state index contributed by atoms with van der Waals surface area (Å²) in [5, 5.41) is 3.86. The topological polar surface area (TPSA) is 90.3 Å². The van der Waals surface area contributed by atoms with Gasteiger partial charge in [-0.2, -0.15) is 0 Å². The molecule has 0 saturated carbocycles. The van der Waals surface area contributed by atoms with E-state index < -0.39 is 18.0 Å². The van der Waals surface area contributed by atoms with Gasteiger partial charge in [-0.1, -0.05) is 55.0 Å². The van der Waals surface area contributed by atoms with Gasteiger partial charge < -0.3 is 14.6 Å². The van der Waals surface area contributed by atoms with E-state index in [-0.39, 0.29) is 17.7 Å². The number of fused-ring (bicyclic) bond motifs is 1. The van der Waals surface area contributed by atoms with E-state index in [4.69, 9.17) is 4.74 Å². The third-order valence-electron chi connectivity index (χ3n) is 5.68. The molecular weight excluding hydrogens is 430 g/mol. The number of rotatable bonds is 6. The fourth-order valence-electron chi connectivity index (χ4n) is 3.88. The number of hydrogen-bond acceptors (Lipinski definition) is 5. The standard InChI is InChI=1S/C27H25N3O4/c1-4-22(25(31)29-19-8-7-15-28-16-19)34-27(33)24-23(18-13-11-17(2)12-14-18)20-9-5-6-10-21(20)26(32)30(24)3/h5-16,22H,4H2,1-3H3,(H,29,31). The van der Waals surface area contributed by atoms with Crippen molar-refractivity contribution in [1.82, 2.24) is 9.55 Å². The van der Waals surface area contributed by atoms with E-state index in [1.807, 2.05) is 43.3 Å². The minimum Gasteiger partial charge on any atom is -0.448 e. The average Bonchev–Trinajstić information content (AvgIpc) is 2.85. The Bertz CT molecular complexity index is 1410. The van der Waals surface area contributed by atoms with Crippen LogP contribution in [0.25, 0.3) is 21.9 Å². The van der Waals surface area contributed by atoms with Crippen molar-refractivity contribution in [3.8, 4) is 11.1 Å². The van der Waals surface area contributed by atoms with Gasteiger partial charge in [-0.05, 0) is 42.5 Å². The van der Waals surface area contributed by atoms with Gasteiger partial charge in [-0.15, -0.1) is 0 Å². The molecule has 4 rings (SSSR count). The Labute approximate surface area is 197 Å². The third kappa shape index (κ3) is 4.45. The summed E-state index contributed by atoms with van der Waals surface area (Å²) < 4.78 is 6.96. The fourth-order valence-corrected chi connectivity index (χ4v) is 3.88. The number of carbonyl (C=O) groups excluding carboxylic acids is 2. The monoisotopic (exact) mass is 455 g/mol. The smallest absolute Gasteiger partial charge is 0.356 e. The highest BCUT2D eigenvalue weighted by molar-refractivity contribution is 6.07. The van der Waals surface area contributed by atoms with E-state index in [0.717, 1.165) is 11.1 Å². The largest absolute Gasteiger partial charge is 0.448 e. The molecule has 1 N–H and O–H groups in total. The molecule has 0 spiro atoms. The Hall–Kier alpha value is -4.26. The number of aromatic nitrogens is 2. The van der Waals surface area contributed by atoms with Gasteiger partial charge in [0.15, 0.2) is 6.10 Å². The summed E-state index contributed by atoms with van der Waals surface area (Å²) in [6.45, 7) is 3.73. The van der Waals surface area contributed by atoms with Crippen molar-refractivity contribution in [2.45, 2.75) is 26.4 Å². The third-order valence-corrected chi connectivity index (χ3v) is 5.68. The van der Waals surface area contributed by atoms with Crippen molar-refractivity contribution >= 4 is 28.3 Å². The fraction of sp³-hybridized carbons (Fsp3) is 0.185. The second-order valence-electron chi connectivity index (χ2n) is 8.03. The van der Waals surface area contributed by atoms with Crippen LogP contribution in [0.15, 0.2) is 77.9 Å². The lowest BCUT2D eigenvalue weighted by atomic mass is 9.96. The number of esters is 1. The molecule has 4 aromatic rings. The van der Waals surface area contributed by atoms with E-state index in [9.17, 15) is 14.4 Å². The summed E-state index contributed by atoms with van der Waals surface area (Å²) in [5.74, 6) is -1.21. The predicted octanol–water partition coefficient (Wildman–Crippen LogP) is 4.48. The number of anilines is 1. The molecule has 1 atom stereocenters. The van der Waals surface area contributed by atoms with Crippen molar-refractivity contribution in [3.63, 3.8) is 0 Å².